The van der Waals surface area contributed by atoms with Gasteiger partial charge in [-0.05, 0) is 86.2 Å². The van der Waals surface area contributed by atoms with E-state index in [1.165, 1.54) is 16.8 Å². The largest absolute Gasteiger partial charge is 0.504 e. The molecule has 1 saturated heterocycles. The number of halogens is 2. The molecule has 3 N–H and O–H groups in total. The van der Waals surface area contributed by atoms with Crippen molar-refractivity contribution in [2.24, 2.45) is 0 Å². The van der Waals surface area contributed by atoms with Crippen molar-refractivity contribution in [3.63, 3.8) is 0 Å². The molecule has 0 saturated carbocycles. The number of thioether (sulfide) groups is 1. The fourth-order valence-corrected chi connectivity index (χ4v) is 5.24. The third kappa shape index (κ3) is 6.10. The van der Waals surface area contributed by atoms with Crippen molar-refractivity contribution in [2.75, 3.05) is 11.9 Å². The summed E-state index contributed by atoms with van der Waals surface area (Å²) in [7, 11) is 0. The lowest BCUT2D eigenvalue weighted by atomic mass is 10.2. The molecular formula is C25H23Cl2N3O4S2. The Labute approximate surface area is 228 Å². The van der Waals surface area contributed by atoms with Crippen LogP contribution in [-0.2, 0) is 4.79 Å². The summed E-state index contributed by atoms with van der Waals surface area (Å²) in [4.78, 5) is 12.9. The molecule has 1 fully saturated rings. The van der Waals surface area contributed by atoms with Crippen LogP contribution in [0.1, 0.15) is 24.8 Å². The summed E-state index contributed by atoms with van der Waals surface area (Å²) in [6.07, 6.45) is 0. The van der Waals surface area contributed by atoms with Crippen LogP contribution in [0.15, 0.2) is 60.7 Å². The zero-order chi connectivity index (χ0) is 25.8. The number of rotatable bonds is 7. The molecule has 0 radical (unpaired) electrons. The van der Waals surface area contributed by atoms with Crippen LogP contribution in [0.5, 0.6) is 23.0 Å². The maximum absolute atomic E-state index is 12.9. The monoisotopic (exact) mass is 563 g/mol. The summed E-state index contributed by atoms with van der Waals surface area (Å²) in [6.45, 7) is 4.08. The van der Waals surface area contributed by atoms with E-state index in [1.807, 2.05) is 13.8 Å². The Balaban J connectivity index is 1.45. The van der Waals surface area contributed by atoms with Crippen LogP contribution < -0.4 is 20.2 Å². The van der Waals surface area contributed by atoms with Crippen LogP contribution in [0, 0.1) is 0 Å². The minimum Gasteiger partial charge on any atom is -0.504 e. The molecule has 0 spiro atoms. The molecule has 0 aromatic heterocycles. The average molecular weight is 565 g/mol. The second-order valence-corrected chi connectivity index (χ2v) is 10.4. The van der Waals surface area contributed by atoms with Gasteiger partial charge in [-0.25, -0.2) is 5.01 Å². The summed E-state index contributed by atoms with van der Waals surface area (Å²) in [5.74, 6) is 1.36. The lowest BCUT2D eigenvalue weighted by molar-refractivity contribution is -0.131. The topological polar surface area (TPSA) is 83.1 Å². The van der Waals surface area contributed by atoms with Gasteiger partial charge in [0.2, 0.25) is 0 Å². The molecule has 3 aromatic carbocycles. The lowest BCUT2D eigenvalue weighted by Gasteiger charge is -2.26. The number of hydrogen-bond donors (Lipinski definition) is 3. The molecule has 7 nitrogen and oxygen atoms in total. The first-order valence-corrected chi connectivity index (χ1v) is 13.1. The van der Waals surface area contributed by atoms with Gasteiger partial charge in [-0.1, -0.05) is 29.3 Å². The molecule has 2 atom stereocenters. The van der Waals surface area contributed by atoms with Crippen LogP contribution in [-0.4, -0.2) is 33.0 Å². The fourth-order valence-electron chi connectivity index (χ4n) is 3.48. The Kier molecular flexibility index (Phi) is 8.35. The fraction of sp³-hybridized carbons (Fsp3) is 0.200. The number of carbonyl (C=O) groups is 1. The molecule has 3 aromatic rings. The Hall–Kier alpha value is -2.85. The first kappa shape index (κ1) is 26.2. The van der Waals surface area contributed by atoms with Crippen LogP contribution in [0.3, 0.4) is 0 Å². The SMILES string of the molecule is CCOc1cc([C@@H]2S[C@@H](C)C(=O)N2NC(=S)Nc2ccc(Oc3ccc(Cl)cc3)c(Cl)c2)ccc1O. The van der Waals surface area contributed by atoms with Gasteiger partial charge in [-0.3, -0.25) is 10.2 Å². The smallest absolute Gasteiger partial charge is 0.255 e. The molecule has 11 heteroatoms. The van der Waals surface area contributed by atoms with Gasteiger partial charge in [0, 0.05) is 10.7 Å². The van der Waals surface area contributed by atoms with Gasteiger partial charge < -0.3 is 19.9 Å². The van der Waals surface area contributed by atoms with Crippen molar-refractivity contribution in [3.8, 4) is 23.0 Å². The maximum atomic E-state index is 12.9. The Morgan fingerprint density at radius 2 is 1.86 bits per heavy atom. The zero-order valence-corrected chi connectivity index (χ0v) is 22.5. The van der Waals surface area contributed by atoms with Gasteiger partial charge in [0.1, 0.15) is 16.9 Å². The highest BCUT2D eigenvalue weighted by molar-refractivity contribution is 8.01. The minimum atomic E-state index is -0.370. The molecule has 0 aliphatic carbocycles. The summed E-state index contributed by atoms with van der Waals surface area (Å²) in [5.41, 5.74) is 4.41. The number of phenolic OH excluding ortho intramolecular Hbond substituents is 1. The van der Waals surface area contributed by atoms with E-state index < -0.39 is 0 Å². The Morgan fingerprint density at radius 1 is 1.11 bits per heavy atom. The van der Waals surface area contributed by atoms with E-state index >= 15 is 0 Å². The van der Waals surface area contributed by atoms with Crippen molar-refractivity contribution in [2.45, 2.75) is 24.5 Å². The second kappa shape index (κ2) is 11.5. The molecule has 36 heavy (non-hydrogen) atoms. The summed E-state index contributed by atoms with van der Waals surface area (Å²) in [6, 6.07) is 17.1. The van der Waals surface area contributed by atoms with E-state index in [9.17, 15) is 9.90 Å². The second-order valence-electron chi connectivity index (χ2n) is 7.77. The highest BCUT2D eigenvalue weighted by atomic mass is 35.5. The number of hydrazine groups is 1. The number of benzene rings is 3. The molecule has 1 amide bonds. The van der Waals surface area contributed by atoms with E-state index in [1.54, 1.807) is 60.7 Å². The van der Waals surface area contributed by atoms with Crippen molar-refractivity contribution < 1.29 is 19.4 Å². The van der Waals surface area contributed by atoms with Crippen molar-refractivity contribution in [1.82, 2.24) is 10.4 Å². The molecule has 1 aliphatic heterocycles. The number of ether oxygens (including phenoxy) is 2. The lowest BCUT2D eigenvalue weighted by Crippen LogP contribution is -2.47. The number of amides is 1. The first-order valence-electron chi connectivity index (χ1n) is 11.0. The number of anilines is 1. The van der Waals surface area contributed by atoms with Gasteiger partial charge in [0.15, 0.2) is 16.6 Å². The number of nitrogens with zero attached hydrogens (tertiary/aromatic N) is 1. The average Bonchev–Trinajstić information content (AvgIpc) is 3.12. The van der Waals surface area contributed by atoms with Crippen LogP contribution >= 0.6 is 47.2 Å². The van der Waals surface area contributed by atoms with E-state index in [4.69, 9.17) is 44.9 Å². The maximum Gasteiger partial charge on any atom is 0.255 e. The van der Waals surface area contributed by atoms with Gasteiger partial charge >= 0.3 is 0 Å². The molecule has 0 unspecified atom stereocenters. The normalized spacial score (nSPS) is 17.1. The highest BCUT2D eigenvalue weighted by Gasteiger charge is 2.39. The molecule has 1 heterocycles. The molecular weight excluding hydrogens is 541 g/mol. The van der Waals surface area contributed by atoms with Gasteiger partial charge in [0.25, 0.3) is 5.91 Å². The Bertz CT molecular complexity index is 1280. The van der Waals surface area contributed by atoms with Crippen molar-refractivity contribution in [1.29, 1.82) is 0 Å². The van der Waals surface area contributed by atoms with Gasteiger partial charge in [-0.15, -0.1) is 11.8 Å². The number of carbonyl (C=O) groups excluding carboxylic acids is 1. The molecule has 0 bridgehead atoms. The van der Waals surface area contributed by atoms with E-state index in [0.29, 0.717) is 39.6 Å². The van der Waals surface area contributed by atoms with E-state index in [0.717, 1.165) is 5.56 Å². The van der Waals surface area contributed by atoms with Crippen LogP contribution in [0.2, 0.25) is 10.0 Å². The number of nitrogens with one attached hydrogen (secondary N) is 2. The standard InChI is InChI=1S/C25H23Cl2N3O4S2/c1-3-33-22-12-15(4-10-20(22)31)24-30(23(32)14(2)36-24)29-25(35)28-17-7-11-21(19(27)13-17)34-18-8-5-16(26)6-9-18/h4-14,24,31H,3H2,1-2H3,(H2,28,29,35)/t14-,24-/m0/s1. The van der Waals surface area contributed by atoms with E-state index in [2.05, 4.69) is 10.7 Å². The van der Waals surface area contributed by atoms with Gasteiger partial charge in [0.05, 0.1) is 16.9 Å². The van der Waals surface area contributed by atoms with Crippen LogP contribution in [0.25, 0.3) is 0 Å². The van der Waals surface area contributed by atoms with E-state index in [-0.39, 0.29) is 27.4 Å². The first-order chi connectivity index (χ1) is 17.2. The quantitative estimate of drug-likeness (QED) is 0.272. The summed E-state index contributed by atoms with van der Waals surface area (Å²) in [5, 5.41) is 15.1. The predicted octanol–water partition coefficient (Wildman–Crippen LogP) is 6.75. The number of aromatic hydroxyl groups is 1. The third-order valence-electron chi connectivity index (χ3n) is 5.17. The van der Waals surface area contributed by atoms with Crippen molar-refractivity contribution >= 4 is 63.9 Å². The van der Waals surface area contributed by atoms with Crippen molar-refractivity contribution in [3.05, 3.63) is 76.3 Å². The summed E-state index contributed by atoms with van der Waals surface area (Å²) >= 11 is 19.3. The summed E-state index contributed by atoms with van der Waals surface area (Å²) < 4.78 is 11.3. The van der Waals surface area contributed by atoms with Crippen LogP contribution in [0.4, 0.5) is 5.69 Å². The molecule has 188 valence electrons. The van der Waals surface area contributed by atoms with Gasteiger partial charge in [-0.2, -0.15) is 0 Å². The highest BCUT2D eigenvalue weighted by Crippen LogP contribution is 2.44. The zero-order valence-electron chi connectivity index (χ0n) is 19.3. The Morgan fingerprint density at radius 3 is 2.56 bits per heavy atom. The number of hydrogen-bond acceptors (Lipinski definition) is 6. The number of thiocarbonyl (C=S) groups is 1. The third-order valence-corrected chi connectivity index (χ3v) is 7.27. The minimum absolute atomic E-state index is 0.0417. The predicted molar refractivity (Wildman–Crippen MR) is 148 cm³/mol. The molecule has 4 rings (SSSR count). The number of phenols is 1. The molecule has 1 aliphatic rings.